The molecule has 18 heavy (non-hydrogen) atoms. The topological polar surface area (TPSA) is 38.9 Å². The van der Waals surface area contributed by atoms with Crippen molar-refractivity contribution >= 4 is 5.69 Å². The summed E-state index contributed by atoms with van der Waals surface area (Å²) in [6, 6.07) is 10.6. The summed E-state index contributed by atoms with van der Waals surface area (Å²) < 4.78 is 0. The molecular formula is C16H20N2. The van der Waals surface area contributed by atoms with Gasteiger partial charge in [-0.3, -0.25) is 4.98 Å². The molecular weight excluding hydrogens is 220 g/mol. The molecule has 1 atom stereocenters. The van der Waals surface area contributed by atoms with Gasteiger partial charge in [-0.05, 0) is 36.5 Å². The molecule has 0 spiro atoms. The van der Waals surface area contributed by atoms with Crippen LogP contribution in [0.2, 0.25) is 0 Å². The van der Waals surface area contributed by atoms with Crippen LogP contribution in [0.25, 0.3) is 11.3 Å². The van der Waals surface area contributed by atoms with Crippen LogP contribution in [0.1, 0.15) is 37.3 Å². The maximum atomic E-state index is 5.72. The zero-order valence-electron chi connectivity index (χ0n) is 11.3. The van der Waals surface area contributed by atoms with E-state index in [-0.39, 0.29) is 0 Å². The summed E-state index contributed by atoms with van der Waals surface area (Å²) in [6.07, 6.45) is 2.88. The minimum absolute atomic E-state index is 0.611. The van der Waals surface area contributed by atoms with Crippen molar-refractivity contribution in [3.8, 4) is 11.3 Å². The quantitative estimate of drug-likeness (QED) is 0.875. The van der Waals surface area contributed by atoms with Gasteiger partial charge in [0, 0.05) is 5.56 Å². The molecule has 1 aromatic carbocycles. The van der Waals surface area contributed by atoms with Gasteiger partial charge in [-0.25, -0.2) is 0 Å². The molecule has 2 N–H and O–H groups in total. The number of benzene rings is 1. The van der Waals surface area contributed by atoms with Crippen molar-refractivity contribution < 1.29 is 0 Å². The summed E-state index contributed by atoms with van der Waals surface area (Å²) in [5, 5.41) is 0. The maximum Gasteiger partial charge on any atom is 0.0732 e. The molecule has 0 aliphatic heterocycles. The fraction of sp³-hybridized carbons (Fsp3) is 0.312. The highest BCUT2D eigenvalue weighted by Crippen LogP contribution is 2.25. The van der Waals surface area contributed by atoms with Gasteiger partial charge in [-0.2, -0.15) is 0 Å². The molecule has 0 bridgehead atoms. The predicted molar refractivity (Wildman–Crippen MR) is 77.5 cm³/mol. The molecule has 2 nitrogen and oxygen atoms in total. The van der Waals surface area contributed by atoms with Crippen LogP contribution in [-0.4, -0.2) is 4.98 Å². The summed E-state index contributed by atoms with van der Waals surface area (Å²) in [5.74, 6) is 0.611. The van der Waals surface area contributed by atoms with Crippen LogP contribution in [0.3, 0.4) is 0 Å². The Kier molecular flexibility index (Phi) is 3.66. The number of aromatic nitrogens is 1. The number of nitrogen functional groups attached to an aromatic ring is 1. The van der Waals surface area contributed by atoms with E-state index in [1.54, 1.807) is 6.20 Å². The SMILES string of the molecule is CCC(C)c1ccc(-c2ncc(N)cc2C)cc1. The number of nitrogens with two attached hydrogens (primary N) is 1. The van der Waals surface area contributed by atoms with E-state index in [1.165, 1.54) is 12.0 Å². The summed E-state index contributed by atoms with van der Waals surface area (Å²) in [4.78, 5) is 4.42. The van der Waals surface area contributed by atoms with Crippen LogP contribution >= 0.6 is 0 Å². The first-order valence-corrected chi connectivity index (χ1v) is 6.44. The Balaban J connectivity index is 2.34. The molecule has 1 aromatic heterocycles. The highest BCUT2D eigenvalue weighted by Gasteiger charge is 2.06. The number of hydrogen-bond donors (Lipinski definition) is 1. The Morgan fingerprint density at radius 1 is 1.22 bits per heavy atom. The van der Waals surface area contributed by atoms with E-state index in [2.05, 4.69) is 43.1 Å². The summed E-state index contributed by atoms with van der Waals surface area (Å²) in [6.45, 7) is 6.51. The Labute approximate surface area is 109 Å². The fourth-order valence-corrected chi connectivity index (χ4v) is 2.10. The van der Waals surface area contributed by atoms with E-state index in [4.69, 9.17) is 5.73 Å². The minimum Gasteiger partial charge on any atom is -0.397 e. The van der Waals surface area contributed by atoms with Crippen LogP contribution in [-0.2, 0) is 0 Å². The number of rotatable bonds is 3. The summed E-state index contributed by atoms with van der Waals surface area (Å²) >= 11 is 0. The molecule has 0 fully saturated rings. The van der Waals surface area contributed by atoms with Crippen molar-refractivity contribution in [2.24, 2.45) is 0 Å². The van der Waals surface area contributed by atoms with Gasteiger partial charge in [-0.1, -0.05) is 38.1 Å². The van der Waals surface area contributed by atoms with Crippen LogP contribution in [0.4, 0.5) is 5.69 Å². The van der Waals surface area contributed by atoms with Crippen LogP contribution < -0.4 is 5.73 Å². The monoisotopic (exact) mass is 240 g/mol. The first-order chi connectivity index (χ1) is 8.61. The lowest BCUT2D eigenvalue weighted by Gasteiger charge is -2.10. The molecule has 0 saturated heterocycles. The molecule has 0 aliphatic carbocycles. The lowest BCUT2D eigenvalue weighted by Crippen LogP contribution is -1.94. The molecule has 2 aromatic rings. The molecule has 0 saturated carbocycles. The summed E-state index contributed by atoms with van der Waals surface area (Å²) in [5.41, 5.74) is 11.1. The molecule has 94 valence electrons. The average molecular weight is 240 g/mol. The van der Waals surface area contributed by atoms with Crippen molar-refractivity contribution in [3.63, 3.8) is 0 Å². The number of hydrogen-bond acceptors (Lipinski definition) is 2. The number of pyridine rings is 1. The Bertz CT molecular complexity index is 529. The number of nitrogens with zero attached hydrogens (tertiary/aromatic N) is 1. The second kappa shape index (κ2) is 5.21. The molecule has 0 aliphatic rings. The van der Waals surface area contributed by atoms with E-state index in [9.17, 15) is 0 Å². The molecule has 2 rings (SSSR count). The normalized spacial score (nSPS) is 12.4. The van der Waals surface area contributed by atoms with Gasteiger partial charge in [0.1, 0.15) is 0 Å². The van der Waals surface area contributed by atoms with E-state index in [0.717, 1.165) is 16.8 Å². The van der Waals surface area contributed by atoms with Gasteiger partial charge in [0.25, 0.3) is 0 Å². The van der Waals surface area contributed by atoms with Crippen LogP contribution in [0.15, 0.2) is 36.5 Å². The fourth-order valence-electron chi connectivity index (χ4n) is 2.10. The molecule has 0 amide bonds. The van der Waals surface area contributed by atoms with Crippen molar-refractivity contribution in [3.05, 3.63) is 47.7 Å². The lowest BCUT2D eigenvalue weighted by molar-refractivity contribution is 0.734. The molecule has 1 unspecified atom stereocenters. The third-order valence-corrected chi connectivity index (χ3v) is 3.46. The molecule has 2 heteroatoms. The second-order valence-electron chi connectivity index (χ2n) is 4.87. The average Bonchev–Trinajstić information content (AvgIpc) is 2.38. The highest BCUT2D eigenvalue weighted by atomic mass is 14.7. The Morgan fingerprint density at radius 2 is 1.89 bits per heavy atom. The van der Waals surface area contributed by atoms with Crippen LogP contribution in [0.5, 0.6) is 0 Å². The first kappa shape index (κ1) is 12.6. The second-order valence-corrected chi connectivity index (χ2v) is 4.87. The maximum absolute atomic E-state index is 5.72. The van der Waals surface area contributed by atoms with Gasteiger partial charge in [0.2, 0.25) is 0 Å². The zero-order valence-corrected chi connectivity index (χ0v) is 11.3. The number of aryl methyl sites for hydroxylation is 1. The minimum atomic E-state index is 0.611. The molecule has 0 radical (unpaired) electrons. The van der Waals surface area contributed by atoms with Gasteiger partial charge < -0.3 is 5.73 Å². The highest BCUT2D eigenvalue weighted by molar-refractivity contribution is 5.65. The third-order valence-electron chi connectivity index (χ3n) is 3.46. The predicted octanol–water partition coefficient (Wildman–Crippen LogP) is 4.15. The Hall–Kier alpha value is -1.83. The van der Waals surface area contributed by atoms with Crippen molar-refractivity contribution in [1.29, 1.82) is 0 Å². The number of anilines is 1. The van der Waals surface area contributed by atoms with Crippen molar-refractivity contribution in [1.82, 2.24) is 4.98 Å². The van der Waals surface area contributed by atoms with E-state index < -0.39 is 0 Å². The van der Waals surface area contributed by atoms with E-state index in [0.29, 0.717) is 11.6 Å². The first-order valence-electron chi connectivity index (χ1n) is 6.44. The van der Waals surface area contributed by atoms with Gasteiger partial charge in [0.05, 0.1) is 17.6 Å². The zero-order chi connectivity index (χ0) is 13.1. The third kappa shape index (κ3) is 2.53. The lowest BCUT2D eigenvalue weighted by atomic mass is 9.96. The molecule has 1 heterocycles. The summed E-state index contributed by atoms with van der Waals surface area (Å²) in [7, 11) is 0. The van der Waals surface area contributed by atoms with Gasteiger partial charge in [0.15, 0.2) is 0 Å². The van der Waals surface area contributed by atoms with Crippen molar-refractivity contribution in [2.75, 3.05) is 5.73 Å². The van der Waals surface area contributed by atoms with Crippen molar-refractivity contribution in [2.45, 2.75) is 33.1 Å². The van der Waals surface area contributed by atoms with E-state index >= 15 is 0 Å². The van der Waals surface area contributed by atoms with Gasteiger partial charge in [-0.15, -0.1) is 0 Å². The standard InChI is InChI=1S/C16H20N2/c1-4-11(2)13-5-7-14(8-6-13)16-12(3)9-15(17)10-18-16/h5-11H,4,17H2,1-3H3. The van der Waals surface area contributed by atoms with E-state index in [1.807, 2.05) is 13.0 Å². The van der Waals surface area contributed by atoms with Crippen LogP contribution in [0, 0.1) is 6.92 Å². The largest absolute Gasteiger partial charge is 0.397 e. The Morgan fingerprint density at radius 3 is 2.44 bits per heavy atom. The smallest absolute Gasteiger partial charge is 0.0732 e. The van der Waals surface area contributed by atoms with Gasteiger partial charge >= 0.3 is 0 Å².